The molecule has 1 aromatic carbocycles. The second kappa shape index (κ2) is 4.84. The minimum absolute atomic E-state index is 0.0937. The Labute approximate surface area is 97.9 Å². The molecule has 0 fully saturated rings. The van der Waals surface area contributed by atoms with Crippen LogP contribution in [0.3, 0.4) is 0 Å². The Morgan fingerprint density at radius 3 is 2.47 bits per heavy atom. The average molecular weight is 239 g/mol. The van der Waals surface area contributed by atoms with Gasteiger partial charge in [-0.1, -0.05) is 12.1 Å². The Bertz CT molecular complexity index is 445. The first-order valence-electron chi connectivity index (χ1n) is 4.72. The second-order valence-corrected chi connectivity index (χ2v) is 3.34. The van der Waals surface area contributed by atoms with Crippen molar-refractivity contribution in [2.45, 2.75) is 5.54 Å². The molecule has 0 saturated heterocycles. The van der Waals surface area contributed by atoms with Crippen molar-refractivity contribution < 1.29 is 24.2 Å². The van der Waals surface area contributed by atoms with Crippen molar-refractivity contribution in [3.63, 3.8) is 0 Å². The number of ether oxygens (including phenoxy) is 2. The summed E-state index contributed by atoms with van der Waals surface area (Å²) in [6.45, 7) is 0. The minimum atomic E-state index is -2.23. The molecule has 1 rings (SSSR count). The van der Waals surface area contributed by atoms with Crippen LogP contribution in [-0.4, -0.2) is 31.3 Å². The third-order valence-electron chi connectivity index (χ3n) is 2.37. The van der Waals surface area contributed by atoms with Crippen molar-refractivity contribution in [1.29, 1.82) is 0 Å². The Morgan fingerprint density at radius 2 is 2.00 bits per heavy atom. The SMILES string of the molecule is COC(=O)C(N)(C(=O)O)c1cccc(OC)c1. The third kappa shape index (κ3) is 2.21. The smallest absolute Gasteiger partial charge is 0.342 e. The minimum Gasteiger partial charge on any atom is -0.497 e. The quantitative estimate of drug-likeness (QED) is 0.571. The molecule has 0 spiro atoms. The maximum atomic E-state index is 11.5. The van der Waals surface area contributed by atoms with Crippen LogP contribution in [0.2, 0.25) is 0 Å². The number of esters is 1. The molecule has 6 heteroatoms. The van der Waals surface area contributed by atoms with Gasteiger partial charge in [-0.05, 0) is 17.7 Å². The number of methoxy groups -OCH3 is 2. The number of carboxylic acids is 1. The van der Waals surface area contributed by atoms with Gasteiger partial charge in [0.1, 0.15) is 5.75 Å². The van der Waals surface area contributed by atoms with Crippen molar-refractivity contribution >= 4 is 11.9 Å². The lowest BCUT2D eigenvalue weighted by Gasteiger charge is -2.22. The van der Waals surface area contributed by atoms with Crippen LogP contribution in [0.1, 0.15) is 5.56 Å². The third-order valence-corrected chi connectivity index (χ3v) is 2.37. The zero-order valence-corrected chi connectivity index (χ0v) is 9.47. The van der Waals surface area contributed by atoms with Crippen molar-refractivity contribution in [3.05, 3.63) is 29.8 Å². The van der Waals surface area contributed by atoms with E-state index < -0.39 is 17.5 Å². The van der Waals surface area contributed by atoms with Crippen molar-refractivity contribution in [2.75, 3.05) is 14.2 Å². The summed E-state index contributed by atoms with van der Waals surface area (Å²) < 4.78 is 9.36. The summed E-state index contributed by atoms with van der Waals surface area (Å²) in [5.41, 5.74) is 3.47. The fourth-order valence-corrected chi connectivity index (χ4v) is 1.36. The summed E-state index contributed by atoms with van der Waals surface area (Å²) >= 11 is 0. The predicted octanol–water partition coefficient (Wildman–Crippen LogP) is 0.107. The molecule has 1 unspecified atom stereocenters. The number of nitrogens with two attached hydrogens (primary N) is 1. The number of hydrogen-bond acceptors (Lipinski definition) is 5. The first kappa shape index (κ1) is 13.0. The highest BCUT2D eigenvalue weighted by molar-refractivity contribution is 6.04. The van der Waals surface area contributed by atoms with Crippen LogP contribution in [0, 0.1) is 0 Å². The van der Waals surface area contributed by atoms with Gasteiger partial charge in [0.2, 0.25) is 5.54 Å². The summed E-state index contributed by atoms with van der Waals surface area (Å²) in [6, 6.07) is 5.96. The van der Waals surface area contributed by atoms with Crippen LogP contribution in [-0.2, 0) is 19.9 Å². The van der Waals surface area contributed by atoms with E-state index in [1.165, 1.54) is 19.2 Å². The topological polar surface area (TPSA) is 98.9 Å². The van der Waals surface area contributed by atoms with E-state index in [1.807, 2.05) is 0 Å². The second-order valence-electron chi connectivity index (χ2n) is 3.34. The van der Waals surface area contributed by atoms with Crippen molar-refractivity contribution in [1.82, 2.24) is 0 Å². The molecule has 3 N–H and O–H groups in total. The molecule has 6 nitrogen and oxygen atoms in total. The summed E-state index contributed by atoms with van der Waals surface area (Å²) in [4.78, 5) is 22.7. The Kier molecular flexibility index (Phi) is 3.69. The van der Waals surface area contributed by atoms with E-state index in [9.17, 15) is 9.59 Å². The molecule has 0 heterocycles. The predicted molar refractivity (Wildman–Crippen MR) is 58.5 cm³/mol. The zero-order valence-electron chi connectivity index (χ0n) is 9.47. The van der Waals surface area contributed by atoms with Gasteiger partial charge >= 0.3 is 11.9 Å². The molecule has 1 atom stereocenters. The van der Waals surface area contributed by atoms with Gasteiger partial charge in [0, 0.05) is 0 Å². The summed E-state index contributed by atoms with van der Waals surface area (Å²) in [5, 5.41) is 9.08. The fraction of sp³-hybridized carbons (Fsp3) is 0.273. The lowest BCUT2D eigenvalue weighted by atomic mass is 9.91. The molecule has 0 aromatic heterocycles. The zero-order chi connectivity index (χ0) is 13.1. The van der Waals surface area contributed by atoms with Crippen molar-refractivity contribution in [3.8, 4) is 5.75 Å². The molecule has 0 saturated carbocycles. The van der Waals surface area contributed by atoms with Gasteiger partial charge < -0.3 is 20.3 Å². The molecule has 1 aromatic rings. The van der Waals surface area contributed by atoms with Gasteiger partial charge in [-0.15, -0.1) is 0 Å². The Balaban J connectivity index is 3.32. The molecular formula is C11H13NO5. The van der Waals surface area contributed by atoms with E-state index >= 15 is 0 Å². The van der Waals surface area contributed by atoms with Crippen LogP contribution in [0.5, 0.6) is 5.75 Å². The van der Waals surface area contributed by atoms with Gasteiger partial charge in [0.05, 0.1) is 14.2 Å². The monoisotopic (exact) mass is 239 g/mol. The molecule has 92 valence electrons. The first-order chi connectivity index (χ1) is 7.96. The van der Waals surface area contributed by atoms with Gasteiger partial charge in [0.15, 0.2) is 0 Å². The Morgan fingerprint density at radius 1 is 1.35 bits per heavy atom. The number of carbonyl (C=O) groups excluding carboxylic acids is 1. The molecular weight excluding hydrogens is 226 g/mol. The van der Waals surface area contributed by atoms with Crippen LogP contribution in [0.15, 0.2) is 24.3 Å². The van der Waals surface area contributed by atoms with E-state index in [1.54, 1.807) is 12.1 Å². The number of hydrogen-bond donors (Lipinski definition) is 2. The van der Waals surface area contributed by atoms with Crippen LogP contribution in [0.4, 0.5) is 0 Å². The van der Waals surface area contributed by atoms with E-state index in [0.29, 0.717) is 5.75 Å². The summed E-state index contributed by atoms with van der Waals surface area (Å²) in [7, 11) is 2.50. The molecule has 0 radical (unpaired) electrons. The van der Waals surface area contributed by atoms with Gasteiger partial charge in [-0.3, -0.25) is 0 Å². The highest BCUT2D eigenvalue weighted by Gasteiger charge is 2.45. The molecule has 0 aliphatic rings. The standard InChI is InChI=1S/C11H13NO5/c1-16-8-5-3-4-7(6-8)11(12,9(13)14)10(15)17-2/h3-6H,12H2,1-2H3,(H,13,14). The lowest BCUT2D eigenvalue weighted by Crippen LogP contribution is -2.52. The highest BCUT2D eigenvalue weighted by atomic mass is 16.5. The van der Waals surface area contributed by atoms with E-state index in [0.717, 1.165) is 7.11 Å². The lowest BCUT2D eigenvalue weighted by molar-refractivity contribution is -0.159. The molecule has 0 aliphatic carbocycles. The summed E-state index contributed by atoms with van der Waals surface area (Å²) in [5.74, 6) is -2.13. The number of carbonyl (C=O) groups is 2. The largest absolute Gasteiger partial charge is 0.497 e. The van der Waals surface area contributed by atoms with Crippen LogP contribution < -0.4 is 10.5 Å². The van der Waals surface area contributed by atoms with Gasteiger partial charge in [-0.25, -0.2) is 9.59 Å². The molecule has 17 heavy (non-hydrogen) atoms. The molecule has 0 amide bonds. The van der Waals surface area contributed by atoms with Gasteiger partial charge in [-0.2, -0.15) is 0 Å². The van der Waals surface area contributed by atoms with Gasteiger partial charge in [0.25, 0.3) is 0 Å². The summed E-state index contributed by atoms with van der Waals surface area (Å²) in [6.07, 6.45) is 0. The highest BCUT2D eigenvalue weighted by Crippen LogP contribution is 2.24. The maximum Gasteiger partial charge on any atom is 0.342 e. The fourth-order valence-electron chi connectivity index (χ4n) is 1.36. The van der Waals surface area contributed by atoms with Crippen LogP contribution >= 0.6 is 0 Å². The van der Waals surface area contributed by atoms with Crippen molar-refractivity contribution in [2.24, 2.45) is 5.73 Å². The normalized spacial score (nSPS) is 13.6. The Hall–Kier alpha value is -2.08. The number of benzene rings is 1. The van der Waals surface area contributed by atoms with E-state index in [-0.39, 0.29) is 5.56 Å². The van der Waals surface area contributed by atoms with Crippen LogP contribution in [0.25, 0.3) is 0 Å². The average Bonchev–Trinajstić information content (AvgIpc) is 2.36. The first-order valence-corrected chi connectivity index (χ1v) is 4.72. The molecule has 0 bridgehead atoms. The number of aliphatic carboxylic acids is 1. The molecule has 0 aliphatic heterocycles. The number of rotatable bonds is 4. The number of carboxylic acid groups (broad SMARTS) is 1. The maximum absolute atomic E-state index is 11.5. The van der Waals surface area contributed by atoms with E-state index in [4.69, 9.17) is 15.6 Å². The van der Waals surface area contributed by atoms with E-state index in [2.05, 4.69) is 4.74 Å².